The molecule has 2 saturated heterocycles. The van der Waals surface area contributed by atoms with Gasteiger partial charge in [0.2, 0.25) is 0 Å². The first-order valence-corrected chi connectivity index (χ1v) is 7.41. The fourth-order valence-corrected chi connectivity index (χ4v) is 3.58. The van der Waals surface area contributed by atoms with Crippen LogP contribution in [0.25, 0.3) is 10.9 Å². The first kappa shape index (κ1) is 12.0. The van der Waals surface area contributed by atoms with E-state index >= 15 is 0 Å². The summed E-state index contributed by atoms with van der Waals surface area (Å²) in [4.78, 5) is 17.8. The minimum Gasteiger partial charge on any atom is -0.361 e. The number of nitrogens with zero attached hydrogens (tertiary/aromatic N) is 1. The number of H-pyrrole nitrogens is 1. The van der Waals surface area contributed by atoms with Crippen molar-refractivity contribution in [3.8, 4) is 0 Å². The molecule has 2 aliphatic rings. The maximum absolute atomic E-state index is 12.6. The Morgan fingerprint density at radius 3 is 3.10 bits per heavy atom. The van der Waals surface area contributed by atoms with Gasteiger partial charge in [-0.25, -0.2) is 0 Å². The van der Waals surface area contributed by atoms with Crippen molar-refractivity contribution in [3.05, 3.63) is 36.0 Å². The molecule has 2 aromatic rings. The van der Waals surface area contributed by atoms with Crippen LogP contribution in [0.15, 0.2) is 30.5 Å². The van der Waals surface area contributed by atoms with Crippen LogP contribution >= 0.6 is 0 Å². The third kappa shape index (κ3) is 1.91. The van der Waals surface area contributed by atoms with Crippen LogP contribution in [-0.2, 0) is 0 Å². The number of hydrogen-bond donors (Lipinski definition) is 2. The zero-order chi connectivity index (χ0) is 13.5. The van der Waals surface area contributed by atoms with Crippen molar-refractivity contribution in [1.29, 1.82) is 0 Å². The van der Waals surface area contributed by atoms with Gasteiger partial charge in [0.25, 0.3) is 5.91 Å². The van der Waals surface area contributed by atoms with Gasteiger partial charge in [0, 0.05) is 41.8 Å². The van der Waals surface area contributed by atoms with Crippen LogP contribution in [0.1, 0.15) is 23.2 Å². The molecule has 2 aliphatic heterocycles. The van der Waals surface area contributed by atoms with Crippen molar-refractivity contribution < 1.29 is 4.79 Å². The van der Waals surface area contributed by atoms with Gasteiger partial charge in [-0.1, -0.05) is 0 Å². The average molecular weight is 269 g/mol. The number of amides is 1. The van der Waals surface area contributed by atoms with Crippen molar-refractivity contribution in [1.82, 2.24) is 15.2 Å². The molecule has 4 heteroatoms. The second-order valence-corrected chi connectivity index (χ2v) is 5.95. The summed E-state index contributed by atoms with van der Waals surface area (Å²) in [5.74, 6) is 0.813. The lowest BCUT2D eigenvalue weighted by molar-refractivity contribution is 0.0786. The Morgan fingerprint density at radius 2 is 2.20 bits per heavy atom. The van der Waals surface area contributed by atoms with Gasteiger partial charge in [0.1, 0.15) is 0 Å². The standard InChI is InChI=1S/C16H19N3O/c20-16(12-3-4-14-11(8-12)5-7-18-14)19-9-13-2-1-6-17-15(13)10-19/h3-5,7-8,13,15,17-18H,1-2,6,9-10H2/t13-,15+/m0/s1. The lowest BCUT2D eigenvalue weighted by Crippen LogP contribution is -2.41. The van der Waals surface area contributed by atoms with Crippen LogP contribution in [-0.4, -0.2) is 41.5 Å². The first-order chi connectivity index (χ1) is 9.81. The van der Waals surface area contributed by atoms with Crippen LogP contribution in [0, 0.1) is 5.92 Å². The molecule has 4 nitrogen and oxygen atoms in total. The predicted octanol–water partition coefficient (Wildman–Crippen LogP) is 1.99. The van der Waals surface area contributed by atoms with E-state index < -0.39 is 0 Å². The van der Waals surface area contributed by atoms with E-state index in [1.165, 1.54) is 12.8 Å². The number of aromatic nitrogens is 1. The second-order valence-electron chi connectivity index (χ2n) is 5.95. The van der Waals surface area contributed by atoms with Crippen molar-refractivity contribution >= 4 is 16.8 Å². The number of piperidine rings is 1. The van der Waals surface area contributed by atoms with Gasteiger partial charge < -0.3 is 15.2 Å². The van der Waals surface area contributed by atoms with Crippen LogP contribution in [0.5, 0.6) is 0 Å². The SMILES string of the molecule is O=C(c1ccc2[nH]ccc2c1)N1C[C@@H]2CCCN[C@@H]2C1. The van der Waals surface area contributed by atoms with Crippen molar-refractivity contribution in [3.63, 3.8) is 0 Å². The maximum Gasteiger partial charge on any atom is 0.253 e. The summed E-state index contributed by atoms with van der Waals surface area (Å²) in [6.07, 6.45) is 4.39. The molecule has 1 aromatic heterocycles. The third-order valence-electron chi connectivity index (χ3n) is 4.69. The Labute approximate surface area is 118 Å². The minimum absolute atomic E-state index is 0.171. The van der Waals surface area contributed by atoms with Crippen molar-refractivity contribution in [2.45, 2.75) is 18.9 Å². The molecule has 0 spiro atoms. The Morgan fingerprint density at radius 1 is 1.25 bits per heavy atom. The van der Waals surface area contributed by atoms with Gasteiger partial charge in [-0.15, -0.1) is 0 Å². The van der Waals surface area contributed by atoms with E-state index in [1.54, 1.807) is 0 Å². The second kappa shape index (κ2) is 4.63. The molecule has 20 heavy (non-hydrogen) atoms. The van der Waals surface area contributed by atoms with E-state index in [0.717, 1.165) is 36.1 Å². The number of nitrogens with one attached hydrogen (secondary N) is 2. The van der Waals surface area contributed by atoms with E-state index in [1.807, 2.05) is 35.4 Å². The molecule has 2 fully saturated rings. The minimum atomic E-state index is 0.171. The quantitative estimate of drug-likeness (QED) is 0.832. The summed E-state index contributed by atoms with van der Waals surface area (Å²) in [7, 11) is 0. The molecule has 2 N–H and O–H groups in total. The molecule has 0 bridgehead atoms. The molecule has 1 aromatic carbocycles. The smallest absolute Gasteiger partial charge is 0.253 e. The maximum atomic E-state index is 12.6. The third-order valence-corrected chi connectivity index (χ3v) is 4.69. The van der Waals surface area contributed by atoms with Gasteiger partial charge in [0.15, 0.2) is 0 Å². The van der Waals surface area contributed by atoms with Crippen molar-refractivity contribution in [2.24, 2.45) is 5.92 Å². The highest BCUT2D eigenvalue weighted by molar-refractivity contribution is 5.98. The van der Waals surface area contributed by atoms with E-state index in [9.17, 15) is 4.79 Å². The molecule has 0 saturated carbocycles. The molecule has 0 aliphatic carbocycles. The number of likely N-dealkylation sites (tertiary alicyclic amines) is 1. The normalized spacial score (nSPS) is 25.9. The average Bonchev–Trinajstić information content (AvgIpc) is 3.11. The highest BCUT2D eigenvalue weighted by atomic mass is 16.2. The summed E-state index contributed by atoms with van der Waals surface area (Å²) in [6.45, 7) is 2.86. The summed E-state index contributed by atoms with van der Waals surface area (Å²) in [5.41, 5.74) is 1.88. The van der Waals surface area contributed by atoms with Gasteiger partial charge in [-0.3, -0.25) is 4.79 Å². The molecular weight excluding hydrogens is 250 g/mol. The van der Waals surface area contributed by atoms with Gasteiger partial charge in [0.05, 0.1) is 0 Å². The molecule has 3 heterocycles. The fourth-order valence-electron chi connectivity index (χ4n) is 3.58. The van der Waals surface area contributed by atoms with Crippen LogP contribution in [0.3, 0.4) is 0 Å². The lowest BCUT2D eigenvalue weighted by atomic mass is 9.94. The van der Waals surface area contributed by atoms with Gasteiger partial charge in [-0.2, -0.15) is 0 Å². The Hall–Kier alpha value is -1.81. The number of carbonyl (C=O) groups excluding carboxylic acids is 1. The molecule has 0 radical (unpaired) electrons. The first-order valence-electron chi connectivity index (χ1n) is 7.41. The number of hydrogen-bond acceptors (Lipinski definition) is 2. The van der Waals surface area contributed by atoms with Crippen molar-refractivity contribution in [2.75, 3.05) is 19.6 Å². The topological polar surface area (TPSA) is 48.1 Å². The molecule has 0 unspecified atom stereocenters. The number of benzene rings is 1. The van der Waals surface area contributed by atoms with Crippen LogP contribution in [0.4, 0.5) is 0 Å². The number of carbonyl (C=O) groups is 1. The Kier molecular flexibility index (Phi) is 2.77. The van der Waals surface area contributed by atoms with E-state index in [2.05, 4.69) is 10.3 Å². The van der Waals surface area contributed by atoms with Gasteiger partial charge >= 0.3 is 0 Å². The van der Waals surface area contributed by atoms with E-state index in [4.69, 9.17) is 0 Å². The van der Waals surface area contributed by atoms with Gasteiger partial charge in [-0.05, 0) is 49.6 Å². The highest BCUT2D eigenvalue weighted by Crippen LogP contribution is 2.26. The largest absolute Gasteiger partial charge is 0.361 e. The molecule has 4 rings (SSSR count). The number of rotatable bonds is 1. The molecule has 1 amide bonds. The molecule has 2 atom stereocenters. The fraction of sp³-hybridized carbons (Fsp3) is 0.438. The monoisotopic (exact) mass is 269 g/mol. The lowest BCUT2D eigenvalue weighted by Gasteiger charge is -2.24. The molecule has 104 valence electrons. The van der Waals surface area contributed by atoms with E-state index in [0.29, 0.717) is 12.0 Å². The number of aromatic amines is 1. The summed E-state index contributed by atoms with van der Waals surface area (Å²) >= 11 is 0. The summed E-state index contributed by atoms with van der Waals surface area (Å²) in [5, 5.41) is 4.65. The Balaban J connectivity index is 1.57. The summed E-state index contributed by atoms with van der Waals surface area (Å²) in [6, 6.07) is 8.42. The summed E-state index contributed by atoms with van der Waals surface area (Å²) < 4.78 is 0. The zero-order valence-electron chi connectivity index (χ0n) is 11.4. The number of fused-ring (bicyclic) bond motifs is 2. The zero-order valence-corrected chi connectivity index (χ0v) is 11.4. The Bertz CT molecular complexity index is 634. The molecular formula is C16H19N3O. The highest BCUT2D eigenvalue weighted by Gasteiger charge is 2.36. The van der Waals surface area contributed by atoms with Crippen LogP contribution in [0.2, 0.25) is 0 Å². The van der Waals surface area contributed by atoms with Crippen LogP contribution < -0.4 is 5.32 Å². The predicted molar refractivity (Wildman–Crippen MR) is 78.7 cm³/mol. The van der Waals surface area contributed by atoms with E-state index in [-0.39, 0.29) is 5.91 Å².